The van der Waals surface area contributed by atoms with E-state index in [0.29, 0.717) is 37.2 Å². The third kappa shape index (κ3) is 7.28. The van der Waals surface area contributed by atoms with Gasteiger partial charge in [-0.25, -0.2) is 4.79 Å². The third-order valence-electron chi connectivity index (χ3n) is 9.86. The number of halogens is 1. The zero-order chi connectivity index (χ0) is 35.3. The van der Waals surface area contributed by atoms with Crippen LogP contribution in [0, 0.1) is 13.8 Å². The predicted molar refractivity (Wildman–Crippen MR) is 204 cm³/mol. The Morgan fingerprint density at radius 3 is 2.29 bits per heavy atom. The van der Waals surface area contributed by atoms with Crippen molar-refractivity contribution >= 4 is 45.1 Å². The highest BCUT2D eigenvalue weighted by Gasteiger charge is 2.27. The molecule has 1 fully saturated rings. The Kier molecular flexibility index (Phi) is 10.5. The summed E-state index contributed by atoms with van der Waals surface area (Å²) in [4.78, 5) is 22.5. The van der Waals surface area contributed by atoms with Gasteiger partial charge in [-0.2, -0.15) is 0 Å². The minimum Gasteiger partial charge on any atom is -0.448 e. The number of rotatable bonds is 6. The van der Waals surface area contributed by atoms with Gasteiger partial charge in [0.25, 0.3) is 0 Å². The lowest BCUT2D eigenvalue weighted by Gasteiger charge is -2.31. The molecule has 4 aromatic heterocycles. The lowest BCUT2D eigenvalue weighted by molar-refractivity contribution is 0.0951. The molecule has 9 nitrogen and oxygen atoms in total. The molecule has 262 valence electrons. The lowest BCUT2D eigenvalue weighted by Crippen LogP contribution is -2.38. The largest absolute Gasteiger partial charge is 0.448 e. The first-order valence-electron chi connectivity index (χ1n) is 17.5. The van der Waals surface area contributed by atoms with Crippen LogP contribution < -0.4 is 5.73 Å². The number of aromatic nitrogens is 4. The highest BCUT2D eigenvalue weighted by Crippen LogP contribution is 2.37. The van der Waals surface area contributed by atoms with Crippen LogP contribution in [0.5, 0.6) is 0 Å². The molecule has 0 aliphatic carbocycles. The molecule has 0 bridgehead atoms. The number of amides is 1. The van der Waals surface area contributed by atoms with Crippen LogP contribution in [0.15, 0.2) is 97.7 Å². The topological polar surface area (TPSA) is 100 Å². The average molecular weight is 703 g/mol. The average Bonchev–Trinajstić information content (AvgIpc) is 3.70. The molecule has 0 atom stereocenters. The smallest absolute Gasteiger partial charge is 0.409 e. The van der Waals surface area contributed by atoms with Gasteiger partial charge < -0.3 is 29.2 Å². The fourth-order valence-electron chi connectivity index (χ4n) is 7.30. The van der Waals surface area contributed by atoms with Crippen LogP contribution in [0.3, 0.4) is 0 Å². The molecule has 6 heterocycles. The molecule has 2 N–H and O–H groups in total. The molecule has 0 saturated carbocycles. The first kappa shape index (κ1) is 34.5. The van der Waals surface area contributed by atoms with Gasteiger partial charge in [0, 0.05) is 76.7 Å². The second-order valence-electron chi connectivity index (χ2n) is 13.1. The number of pyridine rings is 2. The summed E-state index contributed by atoms with van der Waals surface area (Å²) in [7, 11) is 0. The van der Waals surface area contributed by atoms with Gasteiger partial charge in [-0.05, 0) is 98.7 Å². The van der Waals surface area contributed by atoms with Crippen molar-refractivity contribution in [2.45, 2.75) is 39.0 Å². The van der Waals surface area contributed by atoms with Crippen molar-refractivity contribution < 1.29 is 14.3 Å². The first-order chi connectivity index (χ1) is 24.9. The van der Waals surface area contributed by atoms with Crippen LogP contribution >= 0.6 is 11.6 Å². The van der Waals surface area contributed by atoms with Gasteiger partial charge in [-0.1, -0.05) is 35.4 Å². The molecule has 1 saturated heterocycles. The van der Waals surface area contributed by atoms with E-state index < -0.39 is 0 Å². The van der Waals surface area contributed by atoms with Crippen molar-refractivity contribution in [1.29, 1.82) is 0 Å². The Bertz CT molecular complexity index is 2160. The van der Waals surface area contributed by atoms with Gasteiger partial charge in [0.15, 0.2) is 0 Å². The summed E-state index contributed by atoms with van der Waals surface area (Å²) < 4.78 is 15.1. The summed E-state index contributed by atoms with van der Waals surface area (Å²) in [6, 6.07) is 20.7. The van der Waals surface area contributed by atoms with Gasteiger partial charge in [0.1, 0.15) is 6.61 Å². The highest BCUT2D eigenvalue weighted by atomic mass is 35.5. The monoisotopic (exact) mass is 702 g/mol. The van der Waals surface area contributed by atoms with Crippen molar-refractivity contribution in [2.24, 2.45) is 5.73 Å². The van der Waals surface area contributed by atoms with Crippen molar-refractivity contribution in [3.8, 4) is 11.4 Å². The van der Waals surface area contributed by atoms with Crippen LogP contribution in [-0.2, 0) is 9.47 Å². The van der Waals surface area contributed by atoms with E-state index in [1.165, 1.54) is 44.4 Å². The normalized spacial score (nSPS) is 15.1. The first-order valence-corrected chi connectivity index (χ1v) is 17.9. The predicted octanol–water partition coefficient (Wildman–Crippen LogP) is 8.40. The van der Waals surface area contributed by atoms with Crippen LogP contribution in [0.2, 0.25) is 5.02 Å². The maximum atomic E-state index is 12.1. The zero-order valence-electron chi connectivity index (χ0n) is 29.1. The summed E-state index contributed by atoms with van der Waals surface area (Å²) >= 11 is 6.04. The number of ether oxygens (including phenoxy) is 2. The van der Waals surface area contributed by atoms with Gasteiger partial charge in [-0.15, -0.1) is 0 Å². The van der Waals surface area contributed by atoms with E-state index in [1.54, 1.807) is 4.90 Å². The lowest BCUT2D eigenvalue weighted by atomic mass is 9.89. The van der Waals surface area contributed by atoms with Crippen LogP contribution in [-0.4, -0.2) is 69.6 Å². The Hall–Kier alpha value is -4.96. The van der Waals surface area contributed by atoms with Crippen LogP contribution in [0.4, 0.5) is 4.79 Å². The number of carbonyl (C=O) groups excluding carboxylic acids is 1. The van der Waals surface area contributed by atoms with Crippen molar-refractivity contribution in [1.82, 2.24) is 24.0 Å². The number of likely N-dealkylation sites (tertiary alicyclic amines) is 1. The second-order valence-corrected chi connectivity index (χ2v) is 13.5. The summed E-state index contributed by atoms with van der Waals surface area (Å²) in [6.45, 7) is 7.81. The Labute approximate surface area is 303 Å². The minimum absolute atomic E-state index is 0.264. The zero-order valence-corrected chi connectivity index (χ0v) is 29.9. The molecule has 6 aromatic rings. The van der Waals surface area contributed by atoms with E-state index in [-0.39, 0.29) is 12.7 Å². The van der Waals surface area contributed by atoms with E-state index >= 15 is 0 Å². The van der Waals surface area contributed by atoms with Gasteiger partial charge in [0.2, 0.25) is 0 Å². The number of hydrogen-bond donors (Lipinski definition) is 1. The van der Waals surface area contributed by atoms with Crippen molar-refractivity contribution in [2.75, 3.05) is 39.5 Å². The van der Waals surface area contributed by atoms with E-state index in [1.807, 2.05) is 49.1 Å². The maximum Gasteiger partial charge on any atom is 0.409 e. The maximum absolute atomic E-state index is 12.1. The number of nitrogens with zero attached hydrogens (tertiary/aromatic N) is 5. The van der Waals surface area contributed by atoms with Crippen molar-refractivity contribution in [3.05, 3.63) is 125 Å². The molecule has 51 heavy (non-hydrogen) atoms. The molecule has 8 rings (SSSR count). The molecule has 0 unspecified atom stereocenters. The molecule has 2 aliphatic heterocycles. The highest BCUT2D eigenvalue weighted by molar-refractivity contribution is 6.30. The van der Waals surface area contributed by atoms with E-state index in [0.717, 1.165) is 42.6 Å². The Balaban J connectivity index is 0.000000162. The fourth-order valence-corrected chi connectivity index (χ4v) is 7.43. The molecular formula is C41H43ClN6O3. The minimum atomic E-state index is -0.267. The standard InChI is InChI=1S/C21H23ClN4O2.C20H20N2O/c22-16-1-3-17(4-2-16)26-14-19(18-5-9-24-13-20(18)26)15-6-10-25(11-7-15)21(27)28-12-8-23;1-14-3-5-17(6-4-14)22-15(2)20(16-8-11-23-12-9-16)18-7-10-21-13-19(18)22/h1-5,9,13-15H,6-8,10-12,23H2;3-8,10,13H,9,11-12H2,1-2H3. The van der Waals surface area contributed by atoms with E-state index in [4.69, 9.17) is 26.8 Å². The third-order valence-corrected chi connectivity index (χ3v) is 10.1. The van der Waals surface area contributed by atoms with Gasteiger partial charge >= 0.3 is 6.09 Å². The summed E-state index contributed by atoms with van der Waals surface area (Å²) in [5, 5.41) is 3.19. The SMILES string of the molecule is Cc1ccc(-n2c(C)c(C3=CCOCC3)c3ccncc32)cc1.NCCOC(=O)N1CCC(c2cn(-c3ccc(Cl)cc3)c3cnccc23)CC1. The molecular weight excluding hydrogens is 660 g/mol. The molecule has 0 spiro atoms. The fraction of sp³-hybridized carbons (Fsp3) is 0.293. The van der Waals surface area contributed by atoms with E-state index in [9.17, 15) is 4.79 Å². The van der Waals surface area contributed by atoms with Gasteiger partial charge in [0.05, 0.1) is 36.6 Å². The Morgan fingerprint density at radius 1 is 0.922 bits per heavy atom. The number of nitrogens with two attached hydrogens (primary N) is 1. The molecule has 1 amide bonds. The Morgan fingerprint density at radius 2 is 1.61 bits per heavy atom. The number of fused-ring (bicyclic) bond motifs is 2. The molecule has 10 heteroatoms. The molecule has 2 aliphatic rings. The molecule has 0 radical (unpaired) electrons. The summed E-state index contributed by atoms with van der Waals surface area (Å²) in [6.07, 6.45) is 14.5. The van der Waals surface area contributed by atoms with E-state index in [2.05, 4.69) is 81.6 Å². The second kappa shape index (κ2) is 15.5. The van der Waals surface area contributed by atoms with Gasteiger partial charge in [-0.3, -0.25) is 9.97 Å². The number of aryl methyl sites for hydroxylation is 1. The number of benzene rings is 2. The number of carbonyl (C=O) groups is 1. The number of hydrogen-bond acceptors (Lipinski definition) is 6. The van der Waals surface area contributed by atoms with Crippen molar-refractivity contribution in [3.63, 3.8) is 0 Å². The summed E-state index contributed by atoms with van der Waals surface area (Å²) in [5.74, 6) is 0.386. The summed E-state index contributed by atoms with van der Waals surface area (Å²) in [5.41, 5.74) is 16.4. The van der Waals surface area contributed by atoms with Crippen LogP contribution in [0.1, 0.15) is 47.6 Å². The number of piperidine rings is 1. The molecule has 2 aromatic carbocycles. The quantitative estimate of drug-likeness (QED) is 0.187. The van der Waals surface area contributed by atoms with Crippen LogP contribution in [0.25, 0.3) is 38.8 Å².